The molecular weight excluding hydrogens is 518 g/mol. The molecule has 0 radical (unpaired) electrons. The molecule has 4 aromatic heterocycles. The van der Waals surface area contributed by atoms with Crippen LogP contribution in [0.5, 0.6) is 5.75 Å². The molecule has 6 heteroatoms. The molecule has 4 heterocycles. The second-order valence-electron chi connectivity index (χ2n) is 12.0. The van der Waals surface area contributed by atoms with Gasteiger partial charge in [0.15, 0.2) is 5.65 Å². The predicted molar refractivity (Wildman–Crippen MR) is 171 cm³/mol. The van der Waals surface area contributed by atoms with Crippen molar-refractivity contribution in [3.8, 4) is 22.6 Å². The number of phenolic OH excluding ortho intramolecular Hbond substituents is 1. The van der Waals surface area contributed by atoms with Gasteiger partial charge < -0.3 is 9.67 Å². The SMILES string of the molecule is Cc1nc2cccnc2c2nc3c(-c4cc(-n5c6ccccc6c6cccc(O)c65)cc(C(C)(C)C)c4)cccc3n12. The fourth-order valence-electron chi connectivity index (χ4n) is 6.30. The quantitative estimate of drug-likeness (QED) is 0.236. The van der Waals surface area contributed by atoms with E-state index in [4.69, 9.17) is 9.97 Å². The van der Waals surface area contributed by atoms with Crippen molar-refractivity contribution in [1.29, 1.82) is 0 Å². The number of rotatable bonds is 2. The van der Waals surface area contributed by atoms with Gasteiger partial charge in [0.2, 0.25) is 0 Å². The average Bonchev–Trinajstić information content (AvgIpc) is 3.55. The van der Waals surface area contributed by atoms with Crippen LogP contribution in [0.1, 0.15) is 32.2 Å². The first-order chi connectivity index (χ1) is 20.3. The molecule has 0 atom stereocenters. The highest BCUT2D eigenvalue weighted by atomic mass is 16.3. The van der Waals surface area contributed by atoms with Crippen LogP contribution in [0.4, 0.5) is 0 Å². The number of para-hydroxylation sites is 3. The number of phenols is 1. The number of aromatic hydroxyl groups is 1. The summed E-state index contributed by atoms with van der Waals surface area (Å²) < 4.78 is 4.29. The van der Waals surface area contributed by atoms with Crippen LogP contribution in [0.3, 0.4) is 0 Å². The highest BCUT2D eigenvalue weighted by Crippen LogP contribution is 2.40. The first-order valence-electron chi connectivity index (χ1n) is 14.2. The number of aromatic nitrogens is 5. The summed E-state index contributed by atoms with van der Waals surface area (Å²) in [6, 6.07) is 31.0. The highest BCUT2D eigenvalue weighted by Gasteiger charge is 2.22. The summed E-state index contributed by atoms with van der Waals surface area (Å²) in [7, 11) is 0. The second-order valence-corrected chi connectivity index (χ2v) is 12.0. The number of imidazole rings is 1. The van der Waals surface area contributed by atoms with Crippen molar-refractivity contribution in [3.63, 3.8) is 0 Å². The first kappa shape index (κ1) is 24.6. The molecule has 0 saturated carbocycles. The number of aryl methyl sites for hydroxylation is 1. The molecule has 42 heavy (non-hydrogen) atoms. The predicted octanol–water partition coefficient (Wildman–Crippen LogP) is 8.51. The molecule has 0 unspecified atom stereocenters. The Labute approximate surface area is 242 Å². The fourth-order valence-corrected chi connectivity index (χ4v) is 6.30. The van der Waals surface area contributed by atoms with E-state index in [0.29, 0.717) is 0 Å². The summed E-state index contributed by atoms with van der Waals surface area (Å²) >= 11 is 0. The minimum Gasteiger partial charge on any atom is -0.506 e. The van der Waals surface area contributed by atoms with E-state index in [0.717, 1.165) is 72.2 Å². The molecule has 8 aromatic rings. The van der Waals surface area contributed by atoms with Gasteiger partial charge in [0.1, 0.15) is 17.1 Å². The monoisotopic (exact) mass is 547 g/mol. The van der Waals surface area contributed by atoms with E-state index in [1.807, 2.05) is 31.2 Å². The Morgan fingerprint density at radius 3 is 2.38 bits per heavy atom. The summed E-state index contributed by atoms with van der Waals surface area (Å²) in [6.45, 7) is 8.72. The Hall–Kier alpha value is -5.23. The zero-order valence-electron chi connectivity index (χ0n) is 23.9. The van der Waals surface area contributed by atoms with Crippen molar-refractivity contribution in [3.05, 3.63) is 109 Å². The van der Waals surface area contributed by atoms with E-state index in [2.05, 4.69) is 95.4 Å². The van der Waals surface area contributed by atoms with Crippen molar-refractivity contribution >= 4 is 49.5 Å². The Morgan fingerprint density at radius 1 is 0.738 bits per heavy atom. The molecule has 0 saturated heterocycles. The van der Waals surface area contributed by atoms with E-state index >= 15 is 0 Å². The number of nitrogens with zero attached hydrogens (tertiary/aromatic N) is 5. The first-order valence-corrected chi connectivity index (χ1v) is 14.2. The standard InChI is InChI=1S/C36H29N5O/c1-21-38-28-13-9-17-37-33(28)35-39-32-25(11-7-15-30(32)40(21)35)22-18-23(36(2,3)4)20-24(19-22)41-29-14-6-5-10-26(29)27-12-8-16-31(42)34(27)41/h5-20,42H,1-4H3. The van der Waals surface area contributed by atoms with Crippen LogP contribution in [0.15, 0.2) is 97.2 Å². The second kappa shape index (κ2) is 8.63. The van der Waals surface area contributed by atoms with Gasteiger partial charge in [-0.15, -0.1) is 0 Å². The third-order valence-electron chi connectivity index (χ3n) is 8.32. The molecule has 0 fully saturated rings. The van der Waals surface area contributed by atoms with Crippen molar-refractivity contribution < 1.29 is 5.11 Å². The number of pyridine rings is 1. The van der Waals surface area contributed by atoms with Gasteiger partial charge in [-0.05, 0) is 65.9 Å². The van der Waals surface area contributed by atoms with Crippen LogP contribution in [0.2, 0.25) is 0 Å². The van der Waals surface area contributed by atoms with Gasteiger partial charge >= 0.3 is 0 Å². The minimum atomic E-state index is -0.112. The van der Waals surface area contributed by atoms with Gasteiger partial charge in [-0.1, -0.05) is 69.3 Å². The molecule has 6 nitrogen and oxygen atoms in total. The summed E-state index contributed by atoms with van der Waals surface area (Å²) in [5.74, 6) is 1.13. The lowest BCUT2D eigenvalue weighted by Crippen LogP contribution is -2.12. The molecule has 0 aliphatic carbocycles. The van der Waals surface area contributed by atoms with Gasteiger partial charge in [0, 0.05) is 28.2 Å². The fraction of sp³-hybridized carbons (Fsp3) is 0.139. The van der Waals surface area contributed by atoms with Gasteiger partial charge in [-0.2, -0.15) is 0 Å². The van der Waals surface area contributed by atoms with Gasteiger partial charge in [0.25, 0.3) is 0 Å². The number of fused-ring (bicyclic) bond motifs is 8. The Bertz CT molecular complexity index is 2370. The Morgan fingerprint density at radius 2 is 1.52 bits per heavy atom. The van der Waals surface area contributed by atoms with E-state index in [-0.39, 0.29) is 11.2 Å². The Balaban J connectivity index is 1.47. The molecule has 0 bridgehead atoms. The zero-order valence-corrected chi connectivity index (χ0v) is 23.9. The third-order valence-corrected chi connectivity index (χ3v) is 8.32. The highest BCUT2D eigenvalue weighted by molar-refractivity contribution is 6.11. The number of benzene rings is 4. The molecule has 4 aromatic carbocycles. The van der Waals surface area contributed by atoms with Gasteiger partial charge in [0.05, 0.1) is 27.6 Å². The number of hydrogen-bond donors (Lipinski definition) is 1. The minimum absolute atomic E-state index is 0.112. The van der Waals surface area contributed by atoms with E-state index in [1.165, 1.54) is 5.56 Å². The Kier molecular flexibility index (Phi) is 5.05. The third kappa shape index (κ3) is 3.48. The molecule has 8 rings (SSSR count). The smallest absolute Gasteiger partial charge is 0.167 e. The maximum atomic E-state index is 11.1. The lowest BCUT2D eigenvalue weighted by Gasteiger charge is -2.22. The molecule has 0 amide bonds. The molecule has 1 N–H and O–H groups in total. The topological polar surface area (TPSA) is 68.2 Å². The molecule has 204 valence electrons. The van der Waals surface area contributed by atoms with E-state index < -0.39 is 0 Å². The molecular formula is C36H29N5O. The van der Waals surface area contributed by atoms with Gasteiger partial charge in [-0.25, -0.2) is 9.97 Å². The maximum absolute atomic E-state index is 11.1. The summed E-state index contributed by atoms with van der Waals surface area (Å²) in [5.41, 5.74) is 10.4. The van der Waals surface area contributed by atoms with E-state index in [1.54, 1.807) is 12.3 Å². The van der Waals surface area contributed by atoms with Crippen molar-refractivity contribution in [1.82, 2.24) is 23.9 Å². The van der Waals surface area contributed by atoms with E-state index in [9.17, 15) is 5.11 Å². The lowest BCUT2D eigenvalue weighted by molar-refractivity contribution is 0.480. The largest absolute Gasteiger partial charge is 0.506 e. The van der Waals surface area contributed by atoms with Crippen LogP contribution in [-0.4, -0.2) is 29.0 Å². The summed E-state index contributed by atoms with van der Waals surface area (Å²) in [5, 5.41) is 13.3. The van der Waals surface area contributed by atoms with Crippen molar-refractivity contribution in [2.45, 2.75) is 33.1 Å². The number of hydrogen-bond acceptors (Lipinski definition) is 4. The van der Waals surface area contributed by atoms with Crippen molar-refractivity contribution in [2.24, 2.45) is 0 Å². The normalized spacial score (nSPS) is 12.4. The molecule has 0 aliphatic rings. The van der Waals surface area contributed by atoms with Crippen LogP contribution < -0.4 is 0 Å². The molecule has 0 aliphatic heterocycles. The van der Waals surface area contributed by atoms with Crippen LogP contribution in [-0.2, 0) is 5.41 Å². The zero-order chi connectivity index (χ0) is 28.7. The molecule has 0 spiro atoms. The van der Waals surface area contributed by atoms with Crippen LogP contribution in [0.25, 0.3) is 66.3 Å². The average molecular weight is 548 g/mol. The van der Waals surface area contributed by atoms with Gasteiger partial charge in [-0.3, -0.25) is 9.38 Å². The maximum Gasteiger partial charge on any atom is 0.167 e. The lowest BCUT2D eigenvalue weighted by atomic mass is 9.84. The van der Waals surface area contributed by atoms with Crippen molar-refractivity contribution in [2.75, 3.05) is 0 Å². The van der Waals surface area contributed by atoms with Crippen LogP contribution in [0, 0.1) is 6.92 Å². The summed E-state index contributed by atoms with van der Waals surface area (Å²) in [4.78, 5) is 14.7. The van der Waals surface area contributed by atoms with Crippen LogP contribution >= 0.6 is 0 Å². The summed E-state index contributed by atoms with van der Waals surface area (Å²) in [6.07, 6.45) is 1.79.